The monoisotopic (exact) mass is 293 g/mol. The molecule has 0 saturated heterocycles. The number of furan rings is 1. The van der Waals surface area contributed by atoms with E-state index in [1.54, 1.807) is 18.4 Å². The van der Waals surface area contributed by atoms with Crippen LogP contribution in [0.15, 0.2) is 47.1 Å². The average Bonchev–Trinajstić information content (AvgIpc) is 2.88. The van der Waals surface area contributed by atoms with Crippen molar-refractivity contribution in [2.45, 2.75) is 19.9 Å². The summed E-state index contributed by atoms with van der Waals surface area (Å²) in [5.41, 5.74) is 2.33. The third-order valence-electron chi connectivity index (χ3n) is 3.15. The summed E-state index contributed by atoms with van der Waals surface area (Å²) < 4.78 is 30.3. The Morgan fingerprint density at radius 3 is 2.40 bits per heavy atom. The molecule has 2 rings (SSSR count). The van der Waals surface area contributed by atoms with Crippen molar-refractivity contribution in [3.05, 3.63) is 59.5 Å². The molecule has 0 atom stereocenters. The lowest BCUT2D eigenvalue weighted by Crippen LogP contribution is -2.31. The fourth-order valence-corrected chi connectivity index (χ4v) is 2.73. The maximum Gasteiger partial charge on any atom is 0.211 e. The first kappa shape index (κ1) is 14.8. The van der Waals surface area contributed by atoms with Crippen molar-refractivity contribution in [3.63, 3.8) is 0 Å². The van der Waals surface area contributed by atoms with E-state index in [0.29, 0.717) is 18.7 Å². The number of hydrogen-bond donors (Lipinski definition) is 0. The van der Waals surface area contributed by atoms with Gasteiger partial charge in [-0.2, -0.15) is 4.31 Å². The number of benzene rings is 1. The molecule has 0 amide bonds. The summed E-state index contributed by atoms with van der Waals surface area (Å²) in [6.45, 7) is 2.75. The molecule has 0 unspecified atom stereocenters. The van der Waals surface area contributed by atoms with E-state index < -0.39 is 10.0 Å². The van der Waals surface area contributed by atoms with E-state index in [4.69, 9.17) is 4.42 Å². The van der Waals surface area contributed by atoms with Gasteiger partial charge in [0.15, 0.2) is 0 Å². The van der Waals surface area contributed by atoms with Crippen molar-refractivity contribution in [1.29, 1.82) is 0 Å². The van der Waals surface area contributed by atoms with Crippen LogP contribution in [0.2, 0.25) is 0 Å². The highest BCUT2D eigenvalue weighted by Gasteiger charge is 2.18. The third-order valence-corrected chi connectivity index (χ3v) is 4.40. The van der Waals surface area contributed by atoms with Gasteiger partial charge in [0, 0.05) is 6.54 Å². The second-order valence-corrected chi connectivity index (χ2v) is 6.89. The lowest BCUT2D eigenvalue weighted by atomic mass is 10.1. The molecule has 20 heavy (non-hydrogen) atoms. The second-order valence-electron chi connectivity index (χ2n) is 4.91. The fourth-order valence-electron chi connectivity index (χ4n) is 1.95. The molecule has 0 radical (unpaired) electrons. The molecule has 2 aromatic rings. The minimum absolute atomic E-state index is 0.275. The summed E-state index contributed by atoms with van der Waals surface area (Å²) in [4.78, 5) is 0. The molecule has 0 N–H and O–H groups in total. The van der Waals surface area contributed by atoms with E-state index >= 15 is 0 Å². The number of hydrogen-bond acceptors (Lipinski definition) is 3. The molecule has 5 heteroatoms. The largest absolute Gasteiger partial charge is 0.468 e. The summed E-state index contributed by atoms with van der Waals surface area (Å²) in [7, 11) is -3.25. The Morgan fingerprint density at radius 2 is 1.85 bits per heavy atom. The predicted molar refractivity (Wildman–Crippen MR) is 78.8 cm³/mol. The lowest BCUT2D eigenvalue weighted by Gasteiger charge is -2.18. The molecule has 0 spiro atoms. The van der Waals surface area contributed by atoms with E-state index in [1.165, 1.54) is 16.1 Å². The highest BCUT2D eigenvalue weighted by molar-refractivity contribution is 7.88. The summed E-state index contributed by atoms with van der Waals surface area (Å²) in [6.07, 6.45) is 3.47. The van der Waals surface area contributed by atoms with Gasteiger partial charge in [0.25, 0.3) is 0 Å². The molecule has 1 heterocycles. The average molecular weight is 293 g/mol. The van der Waals surface area contributed by atoms with Gasteiger partial charge in [-0.15, -0.1) is 0 Å². The molecule has 0 bridgehead atoms. The van der Waals surface area contributed by atoms with E-state index in [-0.39, 0.29) is 6.54 Å². The van der Waals surface area contributed by atoms with Crippen molar-refractivity contribution in [1.82, 2.24) is 4.31 Å². The zero-order valence-corrected chi connectivity index (χ0v) is 12.6. The Labute approximate surface area is 120 Å². The van der Waals surface area contributed by atoms with Crippen molar-refractivity contribution in [2.75, 3.05) is 12.8 Å². The number of nitrogens with zero attached hydrogens (tertiary/aromatic N) is 1. The summed E-state index contributed by atoms with van der Waals surface area (Å²) >= 11 is 0. The third kappa shape index (κ3) is 4.21. The van der Waals surface area contributed by atoms with Gasteiger partial charge in [-0.05, 0) is 31.0 Å². The van der Waals surface area contributed by atoms with Crippen molar-refractivity contribution in [3.8, 4) is 0 Å². The molecule has 0 aliphatic carbocycles. The van der Waals surface area contributed by atoms with Crippen molar-refractivity contribution in [2.24, 2.45) is 0 Å². The van der Waals surface area contributed by atoms with Gasteiger partial charge >= 0.3 is 0 Å². The maximum absolute atomic E-state index is 11.8. The molecule has 108 valence electrons. The van der Waals surface area contributed by atoms with Gasteiger partial charge in [-0.3, -0.25) is 0 Å². The Morgan fingerprint density at radius 1 is 1.15 bits per heavy atom. The molecule has 0 saturated carbocycles. The van der Waals surface area contributed by atoms with Crippen LogP contribution in [0, 0.1) is 6.92 Å². The molecule has 1 aromatic heterocycles. The van der Waals surface area contributed by atoms with Crippen LogP contribution in [0.25, 0.3) is 0 Å². The first-order valence-corrected chi connectivity index (χ1v) is 8.33. The van der Waals surface area contributed by atoms with E-state index in [9.17, 15) is 8.42 Å². The highest BCUT2D eigenvalue weighted by Crippen LogP contribution is 2.11. The first-order chi connectivity index (χ1) is 9.45. The Kier molecular flexibility index (Phi) is 4.62. The van der Waals surface area contributed by atoms with Gasteiger partial charge in [0.1, 0.15) is 5.76 Å². The molecule has 0 aliphatic rings. The van der Waals surface area contributed by atoms with Gasteiger partial charge in [-0.1, -0.05) is 29.8 Å². The van der Waals surface area contributed by atoms with Crippen LogP contribution in [0.4, 0.5) is 0 Å². The minimum atomic E-state index is -3.25. The number of aryl methyl sites for hydroxylation is 1. The highest BCUT2D eigenvalue weighted by atomic mass is 32.2. The molecular weight excluding hydrogens is 274 g/mol. The van der Waals surface area contributed by atoms with Crippen LogP contribution < -0.4 is 0 Å². The van der Waals surface area contributed by atoms with Gasteiger partial charge in [-0.25, -0.2) is 8.42 Å². The zero-order valence-electron chi connectivity index (χ0n) is 11.7. The Hall–Kier alpha value is -1.59. The van der Waals surface area contributed by atoms with Crippen LogP contribution in [0.5, 0.6) is 0 Å². The van der Waals surface area contributed by atoms with Crippen LogP contribution in [-0.4, -0.2) is 25.5 Å². The van der Waals surface area contributed by atoms with Crippen LogP contribution >= 0.6 is 0 Å². The molecule has 0 fully saturated rings. The lowest BCUT2D eigenvalue weighted by molar-refractivity contribution is 0.368. The fraction of sp³-hybridized carbons (Fsp3) is 0.333. The maximum atomic E-state index is 11.8. The van der Waals surface area contributed by atoms with Crippen molar-refractivity contribution < 1.29 is 12.8 Å². The van der Waals surface area contributed by atoms with Gasteiger partial charge in [0.05, 0.1) is 19.1 Å². The SMILES string of the molecule is Cc1ccc(CCN(Cc2ccco2)S(C)(=O)=O)cc1. The number of sulfonamides is 1. The minimum Gasteiger partial charge on any atom is -0.468 e. The first-order valence-electron chi connectivity index (χ1n) is 6.48. The second kappa shape index (κ2) is 6.24. The number of rotatable bonds is 6. The van der Waals surface area contributed by atoms with Crippen LogP contribution in [0.1, 0.15) is 16.9 Å². The van der Waals surface area contributed by atoms with Crippen LogP contribution in [-0.2, 0) is 23.0 Å². The summed E-state index contributed by atoms with van der Waals surface area (Å²) in [5.74, 6) is 0.652. The normalized spacial score (nSPS) is 11.9. The standard InChI is InChI=1S/C15H19NO3S/c1-13-5-7-14(8-6-13)9-10-16(20(2,17)18)12-15-4-3-11-19-15/h3-8,11H,9-10,12H2,1-2H3. The van der Waals surface area contributed by atoms with E-state index in [0.717, 1.165) is 5.56 Å². The van der Waals surface area contributed by atoms with Crippen molar-refractivity contribution >= 4 is 10.0 Å². The Bertz CT molecular complexity index is 630. The molecule has 1 aromatic carbocycles. The smallest absolute Gasteiger partial charge is 0.211 e. The van der Waals surface area contributed by atoms with E-state index in [1.807, 2.05) is 31.2 Å². The summed E-state index contributed by atoms with van der Waals surface area (Å²) in [5, 5.41) is 0. The predicted octanol–water partition coefficient (Wildman–Crippen LogP) is 2.59. The quantitative estimate of drug-likeness (QED) is 0.822. The van der Waals surface area contributed by atoms with Crippen LogP contribution in [0.3, 0.4) is 0 Å². The molecule has 4 nitrogen and oxygen atoms in total. The summed E-state index contributed by atoms with van der Waals surface area (Å²) in [6, 6.07) is 11.7. The van der Waals surface area contributed by atoms with Gasteiger partial charge in [0.2, 0.25) is 10.0 Å². The Balaban J connectivity index is 2.03. The van der Waals surface area contributed by atoms with Gasteiger partial charge < -0.3 is 4.42 Å². The van der Waals surface area contributed by atoms with E-state index in [2.05, 4.69) is 0 Å². The molecule has 0 aliphatic heterocycles. The topological polar surface area (TPSA) is 50.5 Å². The molecular formula is C15H19NO3S. The zero-order chi connectivity index (χ0) is 14.6.